The second kappa shape index (κ2) is 5.35. The second-order valence-electron chi connectivity index (χ2n) is 4.45. The molecule has 0 saturated heterocycles. The summed E-state index contributed by atoms with van der Waals surface area (Å²) in [4.78, 5) is 23.1. The maximum Gasteiger partial charge on any atom is 0.348 e. The number of anilines is 1. The lowest BCUT2D eigenvalue weighted by Crippen LogP contribution is -2.16. The summed E-state index contributed by atoms with van der Waals surface area (Å²) in [7, 11) is 0. The zero-order valence-electron chi connectivity index (χ0n) is 10.1. The standard InChI is InChI=1S/C13H15NO3S/c1-8-7-18-12(13(16)17)11(8)14-10(15)6-9-4-2-3-5-9/h2,4,7,9H,3,5-6H2,1H3,(H,14,15)(H,16,17). The largest absolute Gasteiger partial charge is 0.477 e. The Bertz CT molecular complexity index is 504. The van der Waals surface area contributed by atoms with Crippen LogP contribution in [0.2, 0.25) is 0 Å². The normalized spacial score (nSPS) is 17.9. The first-order valence-corrected chi connectivity index (χ1v) is 6.73. The Kier molecular flexibility index (Phi) is 3.81. The molecule has 0 saturated carbocycles. The first-order chi connectivity index (χ1) is 8.58. The van der Waals surface area contributed by atoms with Crippen molar-refractivity contribution < 1.29 is 14.7 Å². The molecule has 0 fully saturated rings. The van der Waals surface area contributed by atoms with Crippen LogP contribution in [-0.2, 0) is 4.79 Å². The maximum absolute atomic E-state index is 11.9. The van der Waals surface area contributed by atoms with E-state index in [2.05, 4.69) is 17.5 Å². The maximum atomic E-state index is 11.9. The summed E-state index contributed by atoms with van der Waals surface area (Å²) in [6.07, 6.45) is 6.58. The third-order valence-electron chi connectivity index (χ3n) is 2.99. The number of carbonyl (C=O) groups excluding carboxylic acids is 1. The van der Waals surface area contributed by atoms with Gasteiger partial charge in [0.1, 0.15) is 4.88 Å². The topological polar surface area (TPSA) is 66.4 Å². The zero-order valence-corrected chi connectivity index (χ0v) is 10.9. The Morgan fingerprint density at radius 2 is 2.33 bits per heavy atom. The summed E-state index contributed by atoms with van der Waals surface area (Å²) in [5.74, 6) is -0.822. The Hall–Kier alpha value is -1.62. The first kappa shape index (κ1) is 12.8. The highest BCUT2D eigenvalue weighted by atomic mass is 32.1. The number of carboxylic acids is 1. The van der Waals surface area contributed by atoms with Gasteiger partial charge in [-0.25, -0.2) is 4.79 Å². The van der Waals surface area contributed by atoms with E-state index >= 15 is 0 Å². The smallest absolute Gasteiger partial charge is 0.348 e. The lowest BCUT2D eigenvalue weighted by molar-refractivity contribution is -0.116. The molecular formula is C13H15NO3S. The van der Waals surface area contributed by atoms with Crippen LogP contribution in [0.25, 0.3) is 0 Å². The highest BCUT2D eigenvalue weighted by Gasteiger charge is 2.19. The van der Waals surface area contributed by atoms with Crippen molar-refractivity contribution in [2.45, 2.75) is 26.2 Å². The summed E-state index contributed by atoms with van der Waals surface area (Å²) in [6, 6.07) is 0. The van der Waals surface area contributed by atoms with E-state index in [-0.39, 0.29) is 16.7 Å². The number of aromatic carboxylic acids is 1. The molecule has 1 aromatic rings. The van der Waals surface area contributed by atoms with Gasteiger partial charge >= 0.3 is 5.97 Å². The number of hydrogen-bond donors (Lipinski definition) is 2. The number of allylic oxidation sites excluding steroid dienone is 2. The van der Waals surface area contributed by atoms with Crippen LogP contribution in [-0.4, -0.2) is 17.0 Å². The van der Waals surface area contributed by atoms with Gasteiger partial charge in [-0.2, -0.15) is 0 Å². The Morgan fingerprint density at radius 3 is 2.94 bits per heavy atom. The second-order valence-corrected chi connectivity index (χ2v) is 5.33. The van der Waals surface area contributed by atoms with Crippen LogP contribution in [0.4, 0.5) is 5.69 Å². The SMILES string of the molecule is Cc1csc(C(=O)O)c1NC(=O)CC1C=CCC1. The predicted octanol–water partition coefficient (Wildman–Crippen LogP) is 3.05. The van der Waals surface area contributed by atoms with Gasteiger partial charge in [-0.05, 0) is 36.6 Å². The molecule has 4 nitrogen and oxygen atoms in total. The highest BCUT2D eigenvalue weighted by Crippen LogP contribution is 2.28. The summed E-state index contributed by atoms with van der Waals surface area (Å²) in [5, 5.41) is 13.5. The van der Waals surface area contributed by atoms with Gasteiger partial charge in [0.15, 0.2) is 0 Å². The van der Waals surface area contributed by atoms with Crippen LogP contribution in [0.3, 0.4) is 0 Å². The molecule has 2 N–H and O–H groups in total. The third-order valence-corrected chi connectivity index (χ3v) is 4.08. The lowest BCUT2D eigenvalue weighted by atomic mass is 10.0. The van der Waals surface area contributed by atoms with E-state index in [0.29, 0.717) is 12.1 Å². The molecule has 0 spiro atoms. The molecule has 0 aliphatic heterocycles. The van der Waals surface area contributed by atoms with E-state index in [1.165, 1.54) is 0 Å². The van der Waals surface area contributed by atoms with Crippen LogP contribution in [0.15, 0.2) is 17.5 Å². The third kappa shape index (κ3) is 2.79. The van der Waals surface area contributed by atoms with Crippen LogP contribution in [0.5, 0.6) is 0 Å². The van der Waals surface area contributed by atoms with Crippen molar-refractivity contribution in [2.24, 2.45) is 5.92 Å². The lowest BCUT2D eigenvalue weighted by Gasteiger charge is -2.09. The van der Waals surface area contributed by atoms with Gasteiger partial charge in [0.25, 0.3) is 0 Å². The molecule has 1 aliphatic carbocycles. The van der Waals surface area contributed by atoms with Crippen LogP contribution in [0, 0.1) is 12.8 Å². The minimum absolute atomic E-state index is 0.115. The summed E-state index contributed by atoms with van der Waals surface area (Å²) < 4.78 is 0. The predicted molar refractivity (Wildman–Crippen MR) is 71.1 cm³/mol. The fourth-order valence-electron chi connectivity index (χ4n) is 2.05. The minimum atomic E-state index is -0.996. The molecule has 1 unspecified atom stereocenters. The van der Waals surface area contributed by atoms with E-state index in [0.717, 1.165) is 29.7 Å². The highest BCUT2D eigenvalue weighted by molar-refractivity contribution is 7.12. The van der Waals surface area contributed by atoms with Crippen LogP contribution in [0.1, 0.15) is 34.5 Å². The minimum Gasteiger partial charge on any atom is -0.477 e. The van der Waals surface area contributed by atoms with Crippen molar-refractivity contribution in [3.63, 3.8) is 0 Å². The molecule has 0 radical (unpaired) electrons. The van der Waals surface area contributed by atoms with E-state index in [1.54, 1.807) is 12.3 Å². The van der Waals surface area contributed by atoms with E-state index in [9.17, 15) is 9.59 Å². The van der Waals surface area contributed by atoms with Gasteiger partial charge in [-0.1, -0.05) is 12.2 Å². The van der Waals surface area contributed by atoms with Gasteiger partial charge in [0.2, 0.25) is 5.91 Å². The van der Waals surface area contributed by atoms with E-state index in [1.807, 2.05) is 0 Å². The van der Waals surface area contributed by atoms with E-state index < -0.39 is 5.97 Å². The average molecular weight is 265 g/mol. The van der Waals surface area contributed by atoms with Crippen molar-refractivity contribution in [1.82, 2.24) is 0 Å². The molecule has 5 heteroatoms. The number of hydrogen-bond acceptors (Lipinski definition) is 3. The number of thiophene rings is 1. The summed E-state index contributed by atoms with van der Waals surface area (Å²) in [6.45, 7) is 1.80. The monoisotopic (exact) mass is 265 g/mol. The molecule has 1 heterocycles. The first-order valence-electron chi connectivity index (χ1n) is 5.86. The fraction of sp³-hybridized carbons (Fsp3) is 0.385. The number of carbonyl (C=O) groups is 2. The van der Waals surface area contributed by atoms with Gasteiger partial charge in [0.05, 0.1) is 5.69 Å². The zero-order chi connectivity index (χ0) is 13.1. The number of aryl methyl sites for hydroxylation is 1. The van der Waals surface area contributed by atoms with Crippen molar-refractivity contribution >= 4 is 28.9 Å². The molecule has 2 rings (SSSR count). The van der Waals surface area contributed by atoms with Gasteiger partial charge in [0, 0.05) is 6.42 Å². The molecule has 18 heavy (non-hydrogen) atoms. The molecule has 1 atom stereocenters. The molecule has 1 aromatic heterocycles. The molecule has 1 amide bonds. The van der Waals surface area contributed by atoms with Crippen LogP contribution >= 0.6 is 11.3 Å². The van der Waals surface area contributed by atoms with Gasteiger partial charge < -0.3 is 10.4 Å². The number of carboxylic acid groups (broad SMARTS) is 1. The number of rotatable bonds is 4. The fourth-order valence-corrected chi connectivity index (χ4v) is 2.89. The molecule has 1 aliphatic rings. The quantitative estimate of drug-likeness (QED) is 0.822. The average Bonchev–Trinajstić information content (AvgIpc) is 2.90. The van der Waals surface area contributed by atoms with Crippen LogP contribution < -0.4 is 5.32 Å². The van der Waals surface area contributed by atoms with Crippen molar-refractivity contribution in [3.8, 4) is 0 Å². The Morgan fingerprint density at radius 1 is 1.56 bits per heavy atom. The van der Waals surface area contributed by atoms with Gasteiger partial charge in [-0.3, -0.25) is 4.79 Å². The van der Waals surface area contributed by atoms with E-state index in [4.69, 9.17) is 5.11 Å². The molecule has 0 bridgehead atoms. The number of nitrogens with one attached hydrogen (secondary N) is 1. The Balaban J connectivity index is 2.04. The van der Waals surface area contributed by atoms with Crippen molar-refractivity contribution in [3.05, 3.63) is 28.0 Å². The molecule has 96 valence electrons. The number of amides is 1. The van der Waals surface area contributed by atoms with Crippen molar-refractivity contribution in [2.75, 3.05) is 5.32 Å². The summed E-state index contributed by atoms with van der Waals surface area (Å²) >= 11 is 1.14. The Labute approximate surface area is 109 Å². The molecular weight excluding hydrogens is 250 g/mol. The molecule has 0 aromatic carbocycles. The summed E-state index contributed by atoms with van der Waals surface area (Å²) in [5.41, 5.74) is 1.24. The van der Waals surface area contributed by atoms with Crippen molar-refractivity contribution in [1.29, 1.82) is 0 Å². The van der Waals surface area contributed by atoms with Gasteiger partial charge in [-0.15, -0.1) is 11.3 Å².